The maximum absolute atomic E-state index is 11.3. The molecule has 0 unspecified atom stereocenters. The van der Waals surface area contributed by atoms with Crippen molar-refractivity contribution in [3.8, 4) is 0 Å². The summed E-state index contributed by atoms with van der Waals surface area (Å²) in [7, 11) is 0. The molecule has 0 heterocycles. The van der Waals surface area contributed by atoms with Gasteiger partial charge in [-0.2, -0.15) is 0 Å². The third-order valence-electron chi connectivity index (χ3n) is 2.63. The van der Waals surface area contributed by atoms with Crippen LogP contribution < -0.4 is 11.1 Å². The van der Waals surface area contributed by atoms with Gasteiger partial charge in [-0.05, 0) is 32.2 Å². The molecule has 4 nitrogen and oxygen atoms in total. The fourth-order valence-electron chi connectivity index (χ4n) is 1.55. The summed E-state index contributed by atoms with van der Waals surface area (Å²) in [5, 5.41) is 11.9. The van der Waals surface area contributed by atoms with Crippen LogP contribution in [0.15, 0.2) is 0 Å². The highest BCUT2D eigenvalue weighted by atomic mass is 16.3. The minimum absolute atomic E-state index is 0.0131. The maximum atomic E-state index is 11.3. The van der Waals surface area contributed by atoms with Crippen molar-refractivity contribution < 1.29 is 9.90 Å². The highest BCUT2D eigenvalue weighted by molar-refractivity contribution is 5.76. The van der Waals surface area contributed by atoms with Crippen LogP contribution in [0.4, 0.5) is 0 Å². The number of aliphatic hydroxyl groups is 1. The molecule has 1 rings (SSSR count). The molecule has 0 aromatic carbocycles. The van der Waals surface area contributed by atoms with E-state index in [1.807, 2.05) is 0 Å². The van der Waals surface area contributed by atoms with Crippen molar-refractivity contribution in [1.29, 1.82) is 0 Å². The molecule has 0 aromatic heterocycles. The summed E-state index contributed by atoms with van der Waals surface area (Å²) in [6.45, 7) is 0.598. The lowest BCUT2D eigenvalue weighted by Crippen LogP contribution is -2.56. The number of carbonyl (C=O) groups is 1. The molecule has 0 atom stereocenters. The minimum atomic E-state index is -0.300. The summed E-state index contributed by atoms with van der Waals surface area (Å²) in [6, 6.07) is 0. The quantitative estimate of drug-likeness (QED) is 0.554. The zero-order chi connectivity index (χ0) is 9.73. The number of carbonyl (C=O) groups excluding carboxylic acids is 1. The van der Waals surface area contributed by atoms with Crippen LogP contribution in [0.3, 0.4) is 0 Å². The zero-order valence-electron chi connectivity index (χ0n) is 7.88. The van der Waals surface area contributed by atoms with Gasteiger partial charge in [0.15, 0.2) is 0 Å². The Hall–Kier alpha value is -0.610. The van der Waals surface area contributed by atoms with Crippen LogP contribution in [-0.2, 0) is 4.79 Å². The normalized spacial score (nSPS) is 19.2. The van der Waals surface area contributed by atoms with Gasteiger partial charge in [-0.25, -0.2) is 0 Å². The van der Waals surface area contributed by atoms with Crippen molar-refractivity contribution in [1.82, 2.24) is 5.32 Å². The fourth-order valence-corrected chi connectivity index (χ4v) is 1.55. The summed E-state index contributed by atoms with van der Waals surface area (Å²) in [5.74, 6) is 0.0131. The molecule has 0 spiro atoms. The number of nitrogens with two attached hydrogens (primary N) is 1. The monoisotopic (exact) mass is 186 g/mol. The van der Waals surface area contributed by atoms with E-state index < -0.39 is 0 Å². The number of amides is 1. The third-order valence-corrected chi connectivity index (χ3v) is 2.63. The summed E-state index contributed by atoms with van der Waals surface area (Å²) < 4.78 is 0. The largest absolute Gasteiger partial charge is 0.394 e. The molecule has 4 N–H and O–H groups in total. The van der Waals surface area contributed by atoms with Gasteiger partial charge >= 0.3 is 0 Å². The Morgan fingerprint density at radius 1 is 1.54 bits per heavy atom. The maximum Gasteiger partial charge on any atom is 0.220 e. The molecular weight excluding hydrogens is 168 g/mol. The Morgan fingerprint density at radius 3 is 2.62 bits per heavy atom. The second-order valence-corrected chi connectivity index (χ2v) is 3.73. The fraction of sp³-hybridized carbons (Fsp3) is 0.889. The van der Waals surface area contributed by atoms with Crippen LogP contribution in [0.2, 0.25) is 0 Å². The smallest absolute Gasteiger partial charge is 0.220 e. The van der Waals surface area contributed by atoms with Crippen molar-refractivity contribution in [3.63, 3.8) is 0 Å². The molecule has 0 aliphatic heterocycles. The Bertz CT molecular complexity index is 173. The second kappa shape index (κ2) is 4.58. The van der Waals surface area contributed by atoms with Gasteiger partial charge in [-0.15, -0.1) is 0 Å². The molecule has 0 saturated heterocycles. The molecule has 76 valence electrons. The first-order valence-corrected chi connectivity index (χ1v) is 4.84. The molecule has 1 amide bonds. The van der Waals surface area contributed by atoms with Crippen LogP contribution in [0.5, 0.6) is 0 Å². The summed E-state index contributed by atoms with van der Waals surface area (Å²) in [5.41, 5.74) is 4.99. The van der Waals surface area contributed by atoms with Gasteiger partial charge in [-0.1, -0.05) is 0 Å². The molecule has 1 fully saturated rings. The van der Waals surface area contributed by atoms with E-state index in [4.69, 9.17) is 10.8 Å². The molecule has 13 heavy (non-hydrogen) atoms. The first-order valence-electron chi connectivity index (χ1n) is 4.84. The van der Waals surface area contributed by atoms with Crippen molar-refractivity contribution in [3.05, 3.63) is 0 Å². The van der Waals surface area contributed by atoms with E-state index in [1.165, 1.54) is 0 Å². The predicted octanol–water partition coefficient (Wildman–Crippen LogP) is -0.244. The van der Waals surface area contributed by atoms with Crippen molar-refractivity contribution in [2.24, 2.45) is 5.73 Å². The first-order chi connectivity index (χ1) is 6.22. The van der Waals surface area contributed by atoms with Crippen LogP contribution in [-0.4, -0.2) is 29.7 Å². The highest BCUT2D eigenvalue weighted by Crippen LogP contribution is 2.31. The van der Waals surface area contributed by atoms with E-state index >= 15 is 0 Å². The lowest BCUT2D eigenvalue weighted by atomic mass is 9.77. The average molecular weight is 186 g/mol. The van der Waals surface area contributed by atoms with E-state index in [2.05, 4.69) is 5.32 Å². The number of hydrogen-bond acceptors (Lipinski definition) is 3. The first kappa shape index (κ1) is 10.5. The Morgan fingerprint density at radius 2 is 2.23 bits per heavy atom. The van der Waals surface area contributed by atoms with Gasteiger partial charge in [0.1, 0.15) is 0 Å². The van der Waals surface area contributed by atoms with Crippen LogP contribution >= 0.6 is 0 Å². The van der Waals surface area contributed by atoms with Crippen LogP contribution in [0.25, 0.3) is 0 Å². The number of rotatable bonds is 5. The van der Waals surface area contributed by atoms with Gasteiger partial charge in [-0.3, -0.25) is 4.79 Å². The van der Waals surface area contributed by atoms with Crippen LogP contribution in [0.1, 0.15) is 32.1 Å². The molecule has 0 bridgehead atoms. The Kier molecular flexibility index (Phi) is 3.69. The van der Waals surface area contributed by atoms with Crippen molar-refractivity contribution in [2.45, 2.75) is 37.6 Å². The van der Waals surface area contributed by atoms with E-state index in [9.17, 15) is 4.79 Å². The van der Waals surface area contributed by atoms with Gasteiger partial charge in [0, 0.05) is 6.42 Å². The Balaban J connectivity index is 2.25. The standard InChI is InChI=1S/C9H18N2O2/c10-6-1-3-8(13)11-9(7-12)4-2-5-9/h12H,1-7,10H2,(H,11,13). The number of aliphatic hydroxyl groups excluding tert-OH is 1. The molecule has 1 saturated carbocycles. The lowest BCUT2D eigenvalue weighted by molar-refractivity contribution is -0.125. The topological polar surface area (TPSA) is 75.4 Å². The molecule has 0 radical (unpaired) electrons. The number of hydrogen-bond donors (Lipinski definition) is 3. The minimum Gasteiger partial charge on any atom is -0.394 e. The molecular formula is C9H18N2O2. The van der Waals surface area contributed by atoms with Gasteiger partial charge in [0.2, 0.25) is 5.91 Å². The van der Waals surface area contributed by atoms with E-state index in [0.29, 0.717) is 19.4 Å². The van der Waals surface area contributed by atoms with E-state index in [-0.39, 0.29) is 18.1 Å². The third kappa shape index (κ3) is 2.67. The lowest BCUT2D eigenvalue weighted by Gasteiger charge is -2.41. The molecule has 4 heteroatoms. The van der Waals surface area contributed by atoms with Crippen molar-refractivity contribution in [2.75, 3.05) is 13.2 Å². The highest BCUT2D eigenvalue weighted by Gasteiger charge is 2.37. The summed E-state index contributed by atoms with van der Waals surface area (Å²) in [4.78, 5) is 11.3. The van der Waals surface area contributed by atoms with E-state index in [1.54, 1.807) is 0 Å². The summed E-state index contributed by atoms with van der Waals surface area (Å²) >= 11 is 0. The molecule has 1 aliphatic rings. The summed E-state index contributed by atoms with van der Waals surface area (Å²) in [6.07, 6.45) is 4.08. The average Bonchev–Trinajstić information content (AvgIpc) is 2.08. The zero-order valence-corrected chi connectivity index (χ0v) is 7.88. The second-order valence-electron chi connectivity index (χ2n) is 3.73. The Labute approximate surface area is 78.5 Å². The van der Waals surface area contributed by atoms with E-state index in [0.717, 1.165) is 19.3 Å². The van der Waals surface area contributed by atoms with Gasteiger partial charge < -0.3 is 16.2 Å². The van der Waals surface area contributed by atoms with Crippen LogP contribution in [0, 0.1) is 0 Å². The van der Waals surface area contributed by atoms with Crippen molar-refractivity contribution >= 4 is 5.91 Å². The predicted molar refractivity (Wildman–Crippen MR) is 50.1 cm³/mol. The number of nitrogens with one attached hydrogen (secondary N) is 1. The van der Waals surface area contributed by atoms with Gasteiger partial charge in [0.25, 0.3) is 0 Å². The van der Waals surface area contributed by atoms with Gasteiger partial charge in [0.05, 0.1) is 12.1 Å². The molecule has 0 aromatic rings. The molecule has 1 aliphatic carbocycles. The SMILES string of the molecule is NCCCC(=O)NC1(CO)CCC1.